The van der Waals surface area contributed by atoms with Crippen LogP contribution in [0, 0.1) is 12.7 Å². The highest BCUT2D eigenvalue weighted by atomic mass is 19.1. The van der Waals surface area contributed by atoms with Gasteiger partial charge in [0.15, 0.2) is 0 Å². The molecule has 3 nitrogen and oxygen atoms in total. The van der Waals surface area contributed by atoms with Gasteiger partial charge in [0.05, 0.1) is 6.04 Å². The molecule has 0 saturated heterocycles. The van der Waals surface area contributed by atoms with E-state index >= 15 is 0 Å². The van der Waals surface area contributed by atoms with Gasteiger partial charge < -0.3 is 10.3 Å². The Balaban J connectivity index is 2.40. The number of hydrogen-bond acceptors (Lipinski definition) is 2. The van der Waals surface area contributed by atoms with E-state index in [9.17, 15) is 4.39 Å². The lowest BCUT2D eigenvalue weighted by Crippen LogP contribution is -2.21. The number of hydrogen-bond donors (Lipinski definition) is 1. The first kappa shape index (κ1) is 10.8. The molecule has 2 aromatic rings. The van der Waals surface area contributed by atoms with Gasteiger partial charge in [-0.05, 0) is 24.6 Å². The number of aromatic nitrogens is 2. The number of benzene rings is 1. The second-order valence-corrected chi connectivity index (χ2v) is 3.69. The summed E-state index contributed by atoms with van der Waals surface area (Å²) in [5, 5.41) is 0. The maximum atomic E-state index is 13.1. The van der Waals surface area contributed by atoms with E-state index in [0.29, 0.717) is 6.54 Å². The molecule has 1 atom stereocenters. The molecule has 2 N–H and O–H groups in total. The molecule has 0 aliphatic rings. The smallest absolute Gasteiger partial charge is 0.123 e. The Morgan fingerprint density at radius 2 is 2.31 bits per heavy atom. The van der Waals surface area contributed by atoms with Gasteiger partial charge in [0, 0.05) is 18.9 Å². The quantitative estimate of drug-likeness (QED) is 0.856. The molecule has 1 aromatic heterocycles. The molecule has 0 fully saturated rings. The molecule has 1 unspecified atom stereocenters. The van der Waals surface area contributed by atoms with Gasteiger partial charge >= 0.3 is 0 Å². The van der Waals surface area contributed by atoms with Crippen molar-refractivity contribution in [3.8, 4) is 0 Å². The van der Waals surface area contributed by atoms with Gasteiger partial charge in [0.2, 0.25) is 0 Å². The molecular formula is C12H14FN3. The number of nitrogens with zero attached hydrogens (tertiary/aromatic N) is 2. The Kier molecular flexibility index (Phi) is 3.01. The first-order valence-corrected chi connectivity index (χ1v) is 5.17. The Morgan fingerprint density at radius 1 is 1.50 bits per heavy atom. The van der Waals surface area contributed by atoms with E-state index in [1.165, 1.54) is 12.1 Å². The predicted molar refractivity (Wildman–Crippen MR) is 60.6 cm³/mol. The topological polar surface area (TPSA) is 43.8 Å². The first-order chi connectivity index (χ1) is 7.72. The lowest BCUT2D eigenvalue weighted by molar-refractivity contribution is 0.567. The SMILES string of the molecule is Cc1nccn1C(CN)c1cccc(F)c1. The van der Waals surface area contributed by atoms with Gasteiger partial charge in [-0.3, -0.25) is 0 Å². The van der Waals surface area contributed by atoms with Crippen LogP contribution in [0.15, 0.2) is 36.7 Å². The minimum atomic E-state index is -0.242. The fraction of sp³-hybridized carbons (Fsp3) is 0.250. The lowest BCUT2D eigenvalue weighted by Gasteiger charge is -2.18. The molecule has 0 bridgehead atoms. The fourth-order valence-corrected chi connectivity index (χ4v) is 1.84. The summed E-state index contributed by atoms with van der Waals surface area (Å²) in [5.74, 6) is 0.633. The summed E-state index contributed by atoms with van der Waals surface area (Å²) < 4.78 is 15.1. The highest BCUT2D eigenvalue weighted by molar-refractivity contribution is 5.22. The summed E-state index contributed by atoms with van der Waals surface area (Å²) in [6.45, 7) is 2.32. The minimum absolute atomic E-state index is 0.0572. The molecule has 0 aliphatic carbocycles. The average molecular weight is 219 g/mol. The standard InChI is InChI=1S/C12H14FN3/c1-9-15-5-6-16(9)12(8-14)10-3-2-4-11(13)7-10/h2-7,12H,8,14H2,1H3. The Morgan fingerprint density at radius 3 is 2.88 bits per heavy atom. The molecule has 4 heteroatoms. The van der Waals surface area contributed by atoms with E-state index in [0.717, 1.165) is 11.4 Å². The Bertz CT molecular complexity index is 479. The number of nitrogens with two attached hydrogens (primary N) is 1. The van der Waals surface area contributed by atoms with Crippen molar-refractivity contribution in [2.75, 3.05) is 6.54 Å². The van der Waals surface area contributed by atoms with Gasteiger partial charge in [-0.25, -0.2) is 9.37 Å². The van der Waals surface area contributed by atoms with Crippen molar-refractivity contribution in [2.45, 2.75) is 13.0 Å². The van der Waals surface area contributed by atoms with Gasteiger partial charge in [-0.15, -0.1) is 0 Å². The van der Waals surface area contributed by atoms with Crippen LogP contribution in [0.4, 0.5) is 4.39 Å². The van der Waals surface area contributed by atoms with E-state index in [2.05, 4.69) is 4.98 Å². The van der Waals surface area contributed by atoms with Crippen LogP contribution in [0.3, 0.4) is 0 Å². The fourth-order valence-electron chi connectivity index (χ4n) is 1.84. The maximum absolute atomic E-state index is 13.1. The molecule has 0 saturated carbocycles. The van der Waals surface area contributed by atoms with E-state index < -0.39 is 0 Å². The van der Waals surface area contributed by atoms with Crippen molar-refractivity contribution in [1.82, 2.24) is 9.55 Å². The summed E-state index contributed by atoms with van der Waals surface area (Å²) >= 11 is 0. The molecule has 2 rings (SSSR count). The van der Waals surface area contributed by atoms with Crippen LogP contribution in [0.1, 0.15) is 17.4 Å². The van der Waals surface area contributed by atoms with Crippen molar-refractivity contribution in [2.24, 2.45) is 5.73 Å². The number of rotatable bonds is 3. The molecular weight excluding hydrogens is 205 g/mol. The van der Waals surface area contributed by atoms with Crippen LogP contribution in [0.2, 0.25) is 0 Å². The second-order valence-electron chi connectivity index (χ2n) is 3.69. The Hall–Kier alpha value is -1.68. The molecule has 1 heterocycles. The monoisotopic (exact) mass is 219 g/mol. The Labute approximate surface area is 93.7 Å². The van der Waals surface area contributed by atoms with Gasteiger partial charge in [0.1, 0.15) is 11.6 Å². The van der Waals surface area contributed by atoms with Crippen molar-refractivity contribution in [3.05, 3.63) is 53.9 Å². The number of imidazole rings is 1. The van der Waals surface area contributed by atoms with Crippen LogP contribution in [-0.4, -0.2) is 16.1 Å². The van der Waals surface area contributed by atoms with Crippen molar-refractivity contribution < 1.29 is 4.39 Å². The summed E-state index contributed by atoms with van der Waals surface area (Å²) in [7, 11) is 0. The van der Waals surface area contributed by atoms with E-state index in [-0.39, 0.29) is 11.9 Å². The van der Waals surface area contributed by atoms with Crippen LogP contribution in [0.25, 0.3) is 0 Å². The van der Waals surface area contributed by atoms with Crippen LogP contribution in [0.5, 0.6) is 0 Å². The van der Waals surface area contributed by atoms with E-state index in [1.807, 2.05) is 23.8 Å². The van der Waals surface area contributed by atoms with Crippen LogP contribution in [-0.2, 0) is 0 Å². The predicted octanol–water partition coefficient (Wildman–Crippen LogP) is 1.88. The average Bonchev–Trinajstić information content (AvgIpc) is 2.67. The molecule has 16 heavy (non-hydrogen) atoms. The lowest BCUT2D eigenvalue weighted by atomic mass is 10.1. The van der Waals surface area contributed by atoms with Crippen LogP contribution >= 0.6 is 0 Å². The highest BCUT2D eigenvalue weighted by Gasteiger charge is 2.13. The molecule has 0 amide bonds. The van der Waals surface area contributed by atoms with Crippen molar-refractivity contribution in [3.63, 3.8) is 0 Å². The zero-order chi connectivity index (χ0) is 11.5. The summed E-state index contributed by atoms with van der Waals surface area (Å²) in [4.78, 5) is 4.15. The maximum Gasteiger partial charge on any atom is 0.123 e. The van der Waals surface area contributed by atoms with E-state index in [1.54, 1.807) is 12.3 Å². The summed E-state index contributed by atoms with van der Waals surface area (Å²) in [6.07, 6.45) is 3.58. The zero-order valence-corrected chi connectivity index (χ0v) is 9.10. The summed E-state index contributed by atoms with van der Waals surface area (Å²) in [5.41, 5.74) is 6.61. The molecule has 0 spiro atoms. The number of aryl methyl sites for hydroxylation is 1. The first-order valence-electron chi connectivity index (χ1n) is 5.17. The van der Waals surface area contributed by atoms with E-state index in [4.69, 9.17) is 5.73 Å². The zero-order valence-electron chi connectivity index (χ0n) is 9.10. The molecule has 0 radical (unpaired) electrons. The summed E-state index contributed by atoms with van der Waals surface area (Å²) in [6, 6.07) is 6.45. The number of halogens is 1. The normalized spacial score (nSPS) is 12.7. The van der Waals surface area contributed by atoms with Gasteiger partial charge in [-0.2, -0.15) is 0 Å². The molecule has 0 aliphatic heterocycles. The minimum Gasteiger partial charge on any atom is -0.328 e. The third-order valence-corrected chi connectivity index (χ3v) is 2.65. The largest absolute Gasteiger partial charge is 0.328 e. The second kappa shape index (κ2) is 4.45. The molecule has 1 aromatic carbocycles. The van der Waals surface area contributed by atoms with Crippen LogP contribution < -0.4 is 5.73 Å². The molecule has 84 valence electrons. The highest BCUT2D eigenvalue weighted by Crippen LogP contribution is 2.19. The van der Waals surface area contributed by atoms with Gasteiger partial charge in [-0.1, -0.05) is 12.1 Å². The van der Waals surface area contributed by atoms with Crippen molar-refractivity contribution >= 4 is 0 Å². The third-order valence-electron chi connectivity index (χ3n) is 2.65. The van der Waals surface area contributed by atoms with Gasteiger partial charge in [0.25, 0.3) is 0 Å². The van der Waals surface area contributed by atoms with Crippen molar-refractivity contribution in [1.29, 1.82) is 0 Å². The third kappa shape index (κ3) is 1.97.